The summed E-state index contributed by atoms with van der Waals surface area (Å²) in [5.41, 5.74) is 1.28. The van der Waals surface area contributed by atoms with E-state index in [9.17, 15) is 8.42 Å². The number of nitrogens with one attached hydrogen (secondary N) is 1. The smallest absolute Gasteiger partial charge is 0.211 e. The SMILES string of the molecule is CCS(=O)(=O)NCCSc1ncc(C(C)C)n1C1CC1. The third kappa shape index (κ3) is 3.99. The lowest BCUT2D eigenvalue weighted by Gasteiger charge is -2.12. The molecule has 0 saturated heterocycles. The van der Waals surface area contributed by atoms with Gasteiger partial charge in [0.2, 0.25) is 10.0 Å². The van der Waals surface area contributed by atoms with Gasteiger partial charge in [0.25, 0.3) is 0 Å². The van der Waals surface area contributed by atoms with Crippen molar-refractivity contribution in [1.82, 2.24) is 14.3 Å². The molecule has 1 saturated carbocycles. The largest absolute Gasteiger partial charge is 0.320 e. The Bertz CT molecular complexity index is 548. The number of hydrogen-bond acceptors (Lipinski definition) is 4. The van der Waals surface area contributed by atoms with Gasteiger partial charge in [-0.1, -0.05) is 25.6 Å². The van der Waals surface area contributed by atoms with Gasteiger partial charge in [-0.2, -0.15) is 0 Å². The van der Waals surface area contributed by atoms with Gasteiger partial charge in [0.05, 0.1) is 5.75 Å². The highest BCUT2D eigenvalue weighted by molar-refractivity contribution is 7.99. The number of sulfonamides is 1. The molecule has 1 heterocycles. The van der Waals surface area contributed by atoms with Crippen LogP contribution in [0.3, 0.4) is 0 Å². The van der Waals surface area contributed by atoms with Gasteiger partial charge in [-0.05, 0) is 25.7 Å². The maximum Gasteiger partial charge on any atom is 0.211 e. The van der Waals surface area contributed by atoms with Crippen molar-refractivity contribution < 1.29 is 8.42 Å². The molecule has 0 unspecified atom stereocenters. The second-order valence-electron chi connectivity index (χ2n) is 5.37. The molecule has 1 aromatic heterocycles. The van der Waals surface area contributed by atoms with E-state index < -0.39 is 10.0 Å². The molecule has 1 aliphatic carbocycles. The molecule has 0 bridgehead atoms. The standard InChI is InChI=1S/C13H23N3O2S2/c1-4-20(17,18)15-7-8-19-13-14-9-12(10(2)3)16(13)11-5-6-11/h9-11,15H,4-8H2,1-3H3. The van der Waals surface area contributed by atoms with Crippen molar-refractivity contribution in [1.29, 1.82) is 0 Å². The van der Waals surface area contributed by atoms with Gasteiger partial charge < -0.3 is 4.57 Å². The van der Waals surface area contributed by atoms with Crippen molar-refractivity contribution in [2.45, 2.75) is 50.7 Å². The Morgan fingerprint density at radius 1 is 1.50 bits per heavy atom. The fraction of sp³-hybridized carbons (Fsp3) is 0.769. The van der Waals surface area contributed by atoms with Crippen LogP contribution in [0, 0.1) is 0 Å². The van der Waals surface area contributed by atoms with Gasteiger partial charge in [0, 0.05) is 30.2 Å². The van der Waals surface area contributed by atoms with E-state index in [-0.39, 0.29) is 5.75 Å². The summed E-state index contributed by atoms with van der Waals surface area (Å²) in [5.74, 6) is 1.31. The fourth-order valence-electron chi connectivity index (χ4n) is 2.03. The van der Waals surface area contributed by atoms with E-state index in [1.807, 2.05) is 6.20 Å². The molecule has 0 spiro atoms. The van der Waals surface area contributed by atoms with Gasteiger partial charge in [-0.15, -0.1) is 0 Å². The second kappa shape index (κ2) is 6.49. The summed E-state index contributed by atoms with van der Waals surface area (Å²) >= 11 is 1.63. The van der Waals surface area contributed by atoms with Crippen molar-refractivity contribution in [3.05, 3.63) is 11.9 Å². The molecule has 1 N–H and O–H groups in total. The minimum absolute atomic E-state index is 0.131. The first-order valence-electron chi connectivity index (χ1n) is 7.12. The van der Waals surface area contributed by atoms with Gasteiger partial charge in [-0.3, -0.25) is 0 Å². The summed E-state index contributed by atoms with van der Waals surface area (Å²) in [6.45, 7) is 6.46. The van der Waals surface area contributed by atoms with Crippen LogP contribution in [0.4, 0.5) is 0 Å². The second-order valence-corrected chi connectivity index (χ2v) is 8.53. The first-order chi connectivity index (χ1) is 9.44. The number of imidazole rings is 1. The predicted molar refractivity (Wildman–Crippen MR) is 82.8 cm³/mol. The maximum absolute atomic E-state index is 11.3. The highest BCUT2D eigenvalue weighted by Gasteiger charge is 2.29. The summed E-state index contributed by atoms with van der Waals surface area (Å²) in [6.07, 6.45) is 4.42. The van der Waals surface area contributed by atoms with Crippen LogP contribution in [0.25, 0.3) is 0 Å². The van der Waals surface area contributed by atoms with Crippen LogP contribution >= 0.6 is 11.8 Å². The van der Waals surface area contributed by atoms with E-state index in [4.69, 9.17) is 0 Å². The van der Waals surface area contributed by atoms with E-state index >= 15 is 0 Å². The van der Waals surface area contributed by atoms with E-state index in [1.54, 1.807) is 18.7 Å². The molecule has 1 aliphatic rings. The van der Waals surface area contributed by atoms with E-state index in [1.165, 1.54) is 18.5 Å². The number of aromatic nitrogens is 2. The lowest BCUT2D eigenvalue weighted by atomic mass is 10.1. The number of hydrogen-bond donors (Lipinski definition) is 1. The third-order valence-corrected chi connectivity index (χ3v) is 5.70. The molecule has 114 valence electrons. The average Bonchev–Trinajstić information content (AvgIpc) is 3.14. The average molecular weight is 317 g/mol. The van der Waals surface area contributed by atoms with Crippen LogP contribution in [0.2, 0.25) is 0 Å². The Morgan fingerprint density at radius 2 is 2.20 bits per heavy atom. The highest BCUT2D eigenvalue weighted by Crippen LogP contribution is 2.40. The van der Waals surface area contributed by atoms with Crippen molar-refractivity contribution in [2.24, 2.45) is 0 Å². The summed E-state index contributed by atoms with van der Waals surface area (Å²) < 4.78 is 27.6. The van der Waals surface area contributed by atoms with Gasteiger partial charge in [0.1, 0.15) is 0 Å². The Morgan fingerprint density at radius 3 is 2.75 bits per heavy atom. The Hall–Kier alpha value is -0.530. The van der Waals surface area contributed by atoms with Crippen molar-refractivity contribution >= 4 is 21.8 Å². The molecule has 2 rings (SSSR count). The Kier molecular flexibility index (Phi) is 5.14. The van der Waals surface area contributed by atoms with Gasteiger partial charge in [-0.25, -0.2) is 18.1 Å². The van der Waals surface area contributed by atoms with E-state index in [0.717, 1.165) is 5.16 Å². The van der Waals surface area contributed by atoms with Crippen molar-refractivity contribution in [2.75, 3.05) is 18.1 Å². The van der Waals surface area contributed by atoms with Crippen LogP contribution in [-0.2, 0) is 10.0 Å². The zero-order valence-electron chi connectivity index (χ0n) is 12.3. The molecule has 1 aromatic rings. The van der Waals surface area contributed by atoms with Crippen LogP contribution in [0.5, 0.6) is 0 Å². The monoisotopic (exact) mass is 317 g/mol. The van der Waals surface area contributed by atoms with Gasteiger partial charge in [0.15, 0.2) is 5.16 Å². The van der Waals surface area contributed by atoms with Crippen LogP contribution < -0.4 is 4.72 Å². The van der Waals surface area contributed by atoms with E-state index in [0.29, 0.717) is 24.3 Å². The Balaban J connectivity index is 1.93. The topological polar surface area (TPSA) is 64.0 Å². The number of rotatable bonds is 8. The van der Waals surface area contributed by atoms with Crippen LogP contribution in [0.15, 0.2) is 11.4 Å². The summed E-state index contributed by atoms with van der Waals surface area (Å²) in [6, 6.07) is 0.602. The molecule has 1 fully saturated rings. The molecule has 7 heteroatoms. The van der Waals surface area contributed by atoms with E-state index in [2.05, 4.69) is 28.1 Å². The lowest BCUT2D eigenvalue weighted by molar-refractivity contribution is 0.585. The maximum atomic E-state index is 11.3. The lowest BCUT2D eigenvalue weighted by Crippen LogP contribution is -2.27. The molecule has 20 heavy (non-hydrogen) atoms. The molecule has 0 radical (unpaired) electrons. The molecular formula is C13H23N3O2S2. The summed E-state index contributed by atoms with van der Waals surface area (Å²) in [4.78, 5) is 4.50. The first-order valence-corrected chi connectivity index (χ1v) is 9.75. The fourth-order valence-corrected chi connectivity index (χ4v) is 3.69. The third-order valence-electron chi connectivity index (χ3n) is 3.33. The zero-order valence-corrected chi connectivity index (χ0v) is 13.9. The van der Waals surface area contributed by atoms with Gasteiger partial charge >= 0.3 is 0 Å². The van der Waals surface area contributed by atoms with Crippen molar-refractivity contribution in [3.8, 4) is 0 Å². The van der Waals surface area contributed by atoms with Crippen molar-refractivity contribution in [3.63, 3.8) is 0 Å². The molecular weight excluding hydrogens is 294 g/mol. The summed E-state index contributed by atoms with van der Waals surface area (Å²) in [5, 5.41) is 1.02. The molecule has 5 nitrogen and oxygen atoms in total. The molecule has 0 aliphatic heterocycles. The minimum Gasteiger partial charge on any atom is -0.320 e. The molecule has 0 amide bonds. The Labute approximate surface area is 125 Å². The zero-order chi connectivity index (χ0) is 14.8. The van der Waals surface area contributed by atoms with Crippen LogP contribution in [0.1, 0.15) is 51.3 Å². The first kappa shape index (κ1) is 15.9. The number of nitrogens with zero attached hydrogens (tertiary/aromatic N) is 2. The number of thioether (sulfide) groups is 1. The highest BCUT2D eigenvalue weighted by atomic mass is 32.2. The normalized spacial score (nSPS) is 16.0. The summed E-state index contributed by atoms with van der Waals surface area (Å²) in [7, 11) is -3.09. The molecule has 0 aromatic carbocycles. The quantitative estimate of drug-likeness (QED) is 0.590. The predicted octanol–water partition coefficient (Wildman–Crippen LogP) is 2.37. The molecule has 0 atom stereocenters. The minimum atomic E-state index is -3.09. The van der Waals surface area contributed by atoms with Crippen LogP contribution in [-0.4, -0.2) is 36.0 Å².